The first-order valence-corrected chi connectivity index (χ1v) is 9.48. The highest BCUT2D eigenvalue weighted by atomic mass is 127. The highest BCUT2D eigenvalue weighted by Gasteiger charge is 2.17. The Balaban J connectivity index is 0.00000264. The summed E-state index contributed by atoms with van der Waals surface area (Å²) in [4.78, 5) is 7.24. The van der Waals surface area contributed by atoms with Gasteiger partial charge in [0, 0.05) is 26.2 Å². The van der Waals surface area contributed by atoms with Gasteiger partial charge in [0.2, 0.25) is 0 Å². The highest BCUT2D eigenvalue weighted by Crippen LogP contribution is 2.28. The van der Waals surface area contributed by atoms with E-state index >= 15 is 0 Å². The summed E-state index contributed by atoms with van der Waals surface area (Å²) in [5.41, 5.74) is 0. The van der Waals surface area contributed by atoms with Crippen LogP contribution in [0.25, 0.3) is 0 Å². The summed E-state index contributed by atoms with van der Waals surface area (Å²) in [5, 5.41) is 6.91. The Morgan fingerprint density at radius 3 is 2.52 bits per heavy atom. The zero-order valence-corrected chi connectivity index (χ0v) is 17.5. The van der Waals surface area contributed by atoms with E-state index in [-0.39, 0.29) is 24.0 Å². The van der Waals surface area contributed by atoms with E-state index in [1.165, 1.54) is 64.5 Å². The van der Waals surface area contributed by atoms with Crippen LogP contribution in [0.3, 0.4) is 0 Å². The van der Waals surface area contributed by atoms with Crippen LogP contribution in [0, 0.1) is 11.8 Å². The van der Waals surface area contributed by atoms with Crippen LogP contribution in [0.15, 0.2) is 4.99 Å². The molecule has 5 heteroatoms. The van der Waals surface area contributed by atoms with Crippen LogP contribution in [-0.4, -0.2) is 50.6 Å². The summed E-state index contributed by atoms with van der Waals surface area (Å²) < 4.78 is 0. The van der Waals surface area contributed by atoms with Gasteiger partial charge in [-0.15, -0.1) is 24.0 Å². The van der Waals surface area contributed by atoms with Gasteiger partial charge in [-0.3, -0.25) is 4.99 Å². The monoisotopic (exact) mass is 436 g/mol. The van der Waals surface area contributed by atoms with Gasteiger partial charge in [0.15, 0.2) is 5.96 Å². The smallest absolute Gasteiger partial charge is 0.191 e. The van der Waals surface area contributed by atoms with Crippen molar-refractivity contribution in [3.05, 3.63) is 0 Å². The third-order valence-corrected chi connectivity index (χ3v) is 5.13. The lowest BCUT2D eigenvalue weighted by Crippen LogP contribution is -2.39. The number of rotatable bonds is 7. The fourth-order valence-corrected chi connectivity index (χ4v) is 3.88. The van der Waals surface area contributed by atoms with Crippen LogP contribution in [0.2, 0.25) is 0 Å². The van der Waals surface area contributed by atoms with Gasteiger partial charge < -0.3 is 15.5 Å². The molecule has 0 aromatic heterocycles. The van der Waals surface area contributed by atoms with Crippen LogP contribution in [-0.2, 0) is 0 Å². The first-order chi connectivity index (χ1) is 10.8. The van der Waals surface area contributed by atoms with Crippen LogP contribution < -0.4 is 10.6 Å². The average molecular weight is 436 g/mol. The van der Waals surface area contributed by atoms with Gasteiger partial charge >= 0.3 is 0 Å². The number of nitrogens with one attached hydrogen (secondary N) is 2. The molecule has 2 aliphatic rings. The van der Waals surface area contributed by atoms with Crippen LogP contribution in [0.1, 0.15) is 58.3 Å². The van der Waals surface area contributed by atoms with E-state index in [9.17, 15) is 0 Å². The Kier molecular flexibility index (Phi) is 11.3. The second kappa shape index (κ2) is 12.3. The molecule has 1 atom stereocenters. The maximum atomic E-state index is 4.81. The second-order valence-electron chi connectivity index (χ2n) is 7.21. The molecule has 1 saturated heterocycles. The van der Waals surface area contributed by atoms with Gasteiger partial charge in [-0.05, 0) is 58.0 Å². The van der Waals surface area contributed by atoms with Crippen molar-refractivity contribution in [2.45, 2.75) is 58.3 Å². The molecule has 1 unspecified atom stereocenters. The first kappa shape index (κ1) is 21.0. The summed E-state index contributed by atoms with van der Waals surface area (Å²) >= 11 is 0. The van der Waals surface area contributed by atoms with E-state index in [1.807, 2.05) is 0 Å². The van der Waals surface area contributed by atoms with Gasteiger partial charge in [0.25, 0.3) is 0 Å². The summed E-state index contributed by atoms with van der Waals surface area (Å²) in [6, 6.07) is 0. The molecular weight excluding hydrogens is 399 g/mol. The van der Waals surface area contributed by atoms with Gasteiger partial charge in [0.05, 0.1) is 0 Å². The highest BCUT2D eigenvalue weighted by molar-refractivity contribution is 14.0. The third-order valence-electron chi connectivity index (χ3n) is 5.13. The van der Waals surface area contributed by atoms with E-state index < -0.39 is 0 Å². The molecule has 1 saturated carbocycles. The van der Waals surface area contributed by atoms with Crippen molar-refractivity contribution >= 4 is 29.9 Å². The zero-order valence-electron chi connectivity index (χ0n) is 15.1. The lowest BCUT2D eigenvalue weighted by molar-refractivity contribution is 0.214. The molecular formula is C18H37IN4. The van der Waals surface area contributed by atoms with Crippen molar-refractivity contribution in [2.24, 2.45) is 16.8 Å². The molecule has 0 radical (unpaired) electrons. The van der Waals surface area contributed by atoms with Crippen molar-refractivity contribution in [3.63, 3.8) is 0 Å². The normalized spacial score (nSPS) is 23.6. The largest absolute Gasteiger partial charge is 0.357 e. The van der Waals surface area contributed by atoms with Crippen molar-refractivity contribution in [2.75, 3.05) is 39.8 Å². The standard InChI is InChI=1S/C18H36N4.HI/c1-3-19-18(20-12-6-10-16-8-4-5-9-16)21-14-17-11-7-13-22(2)15-17;/h16-17H,3-15H2,1-2H3,(H2,19,20,21);1H. The van der Waals surface area contributed by atoms with Gasteiger partial charge in [-0.1, -0.05) is 25.7 Å². The fourth-order valence-electron chi connectivity index (χ4n) is 3.88. The molecule has 0 aromatic rings. The number of nitrogens with zero attached hydrogens (tertiary/aromatic N) is 2. The van der Waals surface area contributed by atoms with Crippen molar-refractivity contribution in [1.82, 2.24) is 15.5 Å². The molecule has 23 heavy (non-hydrogen) atoms. The lowest BCUT2D eigenvalue weighted by Gasteiger charge is -2.28. The number of aliphatic imine (C=N–C) groups is 1. The maximum absolute atomic E-state index is 4.81. The summed E-state index contributed by atoms with van der Waals surface area (Å²) in [6.07, 6.45) is 11.2. The number of piperidine rings is 1. The van der Waals surface area contributed by atoms with E-state index in [4.69, 9.17) is 4.99 Å². The number of guanidine groups is 1. The van der Waals surface area contributed by atoms with Crippen molar-refractivity contribution < 1.29 is 0 Å². The molecule has 1 aliphatic heterocycles. The van der Waals surface area contributed by atoms with Crippen LogP contribution >= 0.6 is 24.0 Å². The van der Waals surface area contributed by atoms with E-state index in [0.29, 0.717) is 0 Å². The Bertz CT molecular complexity index is 329. The van der Waals surface area contributed by atoms with Crippen molar-refractivity contribution in [1.29, 1.82) is 0 Å². The van der Waals surface area contributed by atoms with Crippen molar-refractivity contribution in [3.8, 4) is 0 Å². The van der Waals surface area contributed by atoms with E-state index in [0.717, 1.165) is 37.4 Å². The molecule has 0 aromatic carbocycles. The molecule has 0 spiro atoms. The minimum absolute atomic E-state index is 0. The maximum Gasteiger partial charge on any atom is 0.191 e. The van der Waals surface area contributed by atoms with Gasteiger partial charge in [0.1, 0.15) is 0 Å². The SMILES string of the molecule is CCNC(=NCC1CCCN(C)C1)NCCCC1CCCC1.I. The Hall–Kier alpha value is -0.0400. The Morgan fingerprint density at radius 1 is 1.09 bits per heavy atom. The topological polar surface area (TPSA) is 39.7 Å². The van der Waals surface area contributed by atoms with Gasteiger partial charge in [-0.2, -0.15) is 0 Å². The number of hydrogen-bond acceptors (Lipinski definition) is 2. The van der Waals surface area contributed by atoms with Gasteiger partial charge in [-0.25, -0.2) is 0 Å². The summed E-state index contributed by atoms with van der Waals surface area (Å²) in [6.45, 7) is 7.56. The lowest BCUT2D eigenvalue weighted by atomic mass is 9.99. The number of likely N-dealkylation sites (tertiary alicyclic amines) is 1. The first-order valence-electron chi connectivity index (χ1n) is 9.48. The number of hydrogen-bond donors (Lipinski definition) is 2. The predicted octanol–water partition coefficient (Wildman–Crippen LogP) is 3.47. The third kappa shape index (κ3) is 8.57. The second-order valence-corrected chi connectivity index (χ2v) is 7.21. The minimum atomic E-state index is 0. The van der Waals surface area contributed by atoms with E-state index in [1.54, 1.807) is 0 Å². The summed E-state index contributed by atoms with van der Waals surface area (Å²) in [7, 11) is 2.22. The molecule has 2 N–H and O–H groups in total. The molecule has 4 nitrogen and oxygen atoms in total. The van der Waals surface area contributed by atoms with Crippen LogP contribution in [0.4, 0.5) is 0 Å². The molecule has 0 bridgehead atoms. The van der Waals surface area contributed by atoms with Crippen LogP contribution in [0.5, 0.6) is 0 Å². The number of halogens is 1. The van der Waals surface area contributed by atoms with E-state index in [2.05, 4.69) is 29.5 Å². The molecule has 1 aliphatic carbocycles. The minimum Gasteiger partial charge on any atom is -0.357 e. The summed E-state index contributed by atoms with van der Waals surface area (Å²) in [5.74, 6) is 2.74. The molecule has 2 fully saturated rings. The predicted molar refractivity (Wildman–Crippen MR) is 111 cm³/mol. The fraction of sp³-hybridized carbons (Fsp3) is 0.944. The molecule has 0 amide bonds. The molecule has 1 heterocycles. The zero-order chi connectivity index (χ0) is 15.6. The molecule has 136 valence electrons. The molecule has 2 rings (SSSR count). The quantitative estimate of drug-likeness (QED) is 0.278. The Labute approximate surface area is 160 Å². The average Bonchev–Trinajstić information content (AvgIpc) is 3.02. The Morgan fingerprint density at radius 2 is 1.83 bits per heavy atom.